The number of carbonyl (C=O) groups is 2. The molecule has 1 atom stereocenters. The zero-order chi connectivity index (χ0) is 28.1. The lowest BCUT2D eigenvalue weighted by Gasteiger charge is -2.33. The van der Waals surface area contributed by atoms with E-state index in [1.54, 1.807) is 6.92 Å². The molecule has 0 aliphatic heterocycles. The zero-order valence-electron chi connectivity index (χ0n) is 22.1. The van der Waals surface area contributed by atoms with E-state index in [4.69, 9.17) is 4.74 Å². The molecule has 11 nitrogen and oxygen atoms in total. The third kappa shape index (κ3) is 8.17. The van der Waals surface area contributed by atoms with Crippen LogP contribution in [0.3, 0.4) is 0 Å². The summed E-state index contributed by atoms with van der Waals surface area (Å²) in [5, 5.41) is 14.2. The van der Waals surface area contributed by atoms with Crippen LogP contribution in [0, 0.1) is 17.0 Å². The molecule has 2 amide bonds. The number of anilines is 1. The lowest BCUT2D eigenvalue weighted by atomic mass is 10.1. The first-order chi connectivity index (χ1) is 17.0. The van der Waals surface area contributed by atoms with Crippen molar-refractivity contribution < 1.29 is 27.7 Å². The van der Waals surface area contributed by atoms with Crippen LogP contribution in [-0.2, 0) is 26.2 Å². The van der Waals surface area contributed by atoms with Crippen molar-refractivity contribution in [2.45, 2.75) is 52.7 Å². The predicted octanol–water partition coefficient (Wildman–Crippen LogP) is 3.01. The minimum absolute atomic E-state index is 0.0347. The lowest BCUT2D eigenvalue weighted by molar-refractivity contribution is -0.384. The summed E-state index contributed by atoms with van der Waals surface area (Å²) in [6.07, 6.45) is 0.888. The van der Waals surface area contributed by atoms with E-state index in [-0.39, 0.29) is 23.7 Å². The molecule has 0 aliphatic rings. The zero-order valence-corrected chi connectivity index (χ0v) is 23.0. The van der Waals surface area contributed by atoms with Crippen LogP contribution in [0.5, 0.6) is 5.75 Å². The Morgan fingerprint density at radius 3 is 2.22 bits per heavy atom. The van der Waals surface area contributed by atoms with E-state index in [1.165, 1.54) is 24.1 Å². The SMILES string of the molecule is COc1ccc([N+](=O)[O-])cc1N(CC(=O)N(Cc1ccc(C)cc1)C(C)C(=O)NC(C)(C)C)S(C)(=O)=O. The van der Waals surface area contributed by atoms with Gasteiger partial charge in [0.2, 0.25) is 21.8 Å². The van der Waals surface area contributed by atoms with Crippen LogP contribution < -0.4 is 14.4 Å². The van der Waals surface area contributed by atoms with Gasteiger partial charge in [0.05, 0.1) is 18.3 Å². The van der Waals surface area contributed by atoms with Crippen molar-refractivity contribution in [3.05, 3.63) is 63.7 Å². The topological polar surface area (TPSA) is 139 Å². The van der Waals surface area contributed by atoms with Crippen LogP contribution in [0.15, 0.2) is 42.5 Å². The monoisotopic (exact) mass is 534 g/mol. The number of nitrogens with zero attached hydrogens (tertiary/aromatic N) is 3. The number of hydrogen-bond acceptors (Lipinski definition) is 7. The largest absolute Gasteiger partial charge is 0.495 e. The van der Waals surface area contributed by atoms with Gasteiger partial charge in [-0.1, -0.05) is 29.8 Å². The molecule has 1 unspecified atom stereocenters. The quantitative estimate of drug-likeness (QED) is 0.365. The first-order valence-electron chi connectivity index (χ1n) is 11.5. The number of methoxy groups -OCH3 is 1. The smallest absolute Gasteiger partial charge is 0.271 e. The first-order valence-corrected chi connectivity index (χ1v) is 13.4. The predicted molar refractivity (Wildman–Crippen MR) is 141 cm³/mol. The molecule has 0 spiro atoms. The molecular formula is C25H34N4O7S. The normalized spacial score (nSPS) is 12.4. The third-order valence-corrected chi connectivity index (χ3v) is 6.59. The molecule has 0 aliphatic carbocycles. The highest BCUT2D eigenvalue weighted by Gasteiger charge is 2.32. The first kappa shape index (κ1) is 29.6. The van der Waals surface area contributed by atoms with E-state index < -0.39 is 44.9 Å². The fraction of sp³-hybridized carbons (Fsp3) is 0.440. The second kappa shape index (κ2) is 11.6. The maximum Gasteiger partial charge on any atom is 0.271 e. The van der Waals surface area contributed by atoms with Gasteiger partial charge in [0.15, 0.2) is 0 Å². The van der Waals surface area contributed by atoms with Crippen molar-refractivity contribution in [3.8, 4) is 5.75 Å². The maximum absolute atomic E-state index is 13.6. The molecule has 1 N–H and O–H groups in total. The van der Waals surface area contributed by atoms with Gasteiger partial charge in [-0.25, -0.2) is 8.42 Å². The highest BCUT2D eigenvalue weighted by Crippen LogP contribution is 2.34. The van der Waals surface area contributed by atoms with E-state index in [1.807, 2.05) is 52.0 Å². The van der Waals surface area contributed by atoms with E-state index in [9.17, 15) is 28.1 Å². The molecule has 2 rings (SSSR count). The average molecular weight is 535 g/mol. The number of nitro groups is 1. The Balaban J connectivity index is 2.52. The number of amides is 2. The van der Waals surface area contributed by atoms with Crippen molar-refractivity contribution >= 4 is 33.2 Å². The van der Waals surface area contributed by atoms with Crippen LogP contribution in [-0.4, -0.2) is 61.5 Å². The van der Waals surface area contributed by atoms with Gasteiger partial charge in [-0.05, 0) is 46.2 Å². The Kier molecular flexibility index (Phi) is 9.26. The van der Waals surface area contributed by atoms with Crippen molar-refractivity contribution in [2.75, 3.05) is 24.2 Å². The number of aryl methyl sites for hydroxylation is 1. The number of nitro benzene ring substituents is 1. The molecule has 0 fully saturated rings. The van der Waals surface area contributed by atoms with E-state index >= 15 is 0 Å². The second-order valence-electron chi connectivity index (χ2n) is 9.81. The van der Waals surface area contributed by atoms with Gasteiger partial charge >= 0.3 is 0 Å². The number of sulfonamides is 1. The summed E-state index contributed by atoms with van der Waals surface area (Å²) in [6, 6.07) is 9.91. The van der Waals surface area contributed by atoms with E-state index in [0.717, 1.165) is 27.8 Å². The van der Waals surface area contributed by atoms with Gasteiger partial charge in [0.25, 0.3) is 5.69 Å². The van der Waals surface area contributed by atoms with Gasteiger partial charge in [0, 0.05) is 24.2 Å². The summed E-state index contributed by atoms with van der Waals surface area (Å²) in [5.74, 6) is -1.05. The van der Waals surface area contributed by atoms with Gasteiger partial charge < -0.3 is 15.0 Å². The highest BCUT2D eigenvalue weighted by molar-refractivity contribution is 7.92. The Labute approximate surface area is 217 Å². The summed E-state index contributed by atoms with van der Waals surface area (Å²) in [5.41, 5.74) is 0.675. The molecular weight excluding hydrogens is 500 g/mol. The van der Waals surface area contributed by atoms with Crippen LogP contribution in [0.2, 0.25) is 0 Å². The molecule has 0 saturated carbocycles. The molecule has 0 radical (unpaired) electrons. The Hall–Kier alpha value is -3.67. The molecule has 202 valence electrons. The third-order valence-electron chi connectivity index (χ3n) is 5.46. The Morgan fingerprint density at radius 2 is 1.73 bits per heavy atom. The number of benzene rings is 2. The van der Waals surface area contributed by atoms with Gasteiger partial charge in [0.1, 0.15) is 24.0 Å². The summed E-state index contributed by atoms with van der Waals surface area (Å²) >= 11 is 0. The van der Waals surface area contributed by atoms with E-state index in [2.05, 4.69) is 5.32 Å². The highest BCUT2D eigenvalue weighted by atomic mass is 32.2. The standard InChI is InChI=1S/C25H34N4O7S/c1-17-8-10-19(11-9-17)15-27(18(2)24(31)26-25(3,4)5)23(30)16-28(37(7,34)35)21-14-20(29(32)33)12-13-22(21)36-6/h8-14,18H,15-16H2,1-7H3,(H,26,31). The van der Waals surface area contributed by atoms with E-state index in [0.29, 0.717) is 0 Å². The Bertz CT molecular complexity index is 1250. The summed E-state index contributed by atoms with van der Waals surface area (Å²) in [4.78, 5) is 38.6. The minimum atomic E-state index is -4.09. The number of non-ortho nitro benzene ring substituents is 1. The molecule has 0 heterocycles. The fourth-order valence-corrected chi connectivity index (χ4v) is 4.37. The van der Waals surface area contributed by atoms with Gasteiger partial charge in [-0.15, -0.1) is 0 Å². The number of hydrogen-bond donors (Lipinski definition) is 1. The Morgan fingerprint density at radius 1 is 1.14 bits per heavy atom. The summed E-state index contributed by atoms with van der Waals surface area (Å²) in [6.45, 7) is 8.25. The number of ether oxygens (including phenoxy) is 1. The molecule has 12 heteroatoms. The molecule has 0 bridgehead atoms. The van der Waals surface area contributed by atoms with Crippen molar-refractivity contribution in [2.24, 2.45) is 0 Å². The van der Waals surface area contributed by atoms with Gasteiger partial charge in [-0.2, -0.15) is 0 Å². The van der Waals surface area contributed by atoms with Crippen LogP contribution in [0.1, 0.15) is 38.8 Å². The van der Waals surface area contributed by atoms with Crippen molar-refractivity contribution in [1.29, 1.82) is 0 Å². The summed E-state index contributed by atoms with van der Waals surface area (Å²) < 4.78 is 31.5. The summed E-state index contributed by atoms with van der Waals surface area (Å²) in [7, 11) is -2.80. The number of carbonyl (C=O) groups excluding carboxylic acids is 2. The molecule has 2 aromatic rings. The number of rotatable bonds is 10. The maximum atomic E-state index is 13.6. The average Bonchev–Trinajstić information content (AvgIpc) is 2.79. The molecule has 0 saturated heterocycles. The second-order valence-corrected chi connectivity index (χ2v) is 11.7. The van der Waals surface area contributed by atoms with Crippen molar-refractivity contribution in [1.82, 2.24) is 10.2 Å². The fourth-order valence-electron chi connectivity index (χ4n) is 3.53. The molecule has 2 aromatic carbocycles. The minimum Gasteiger partial charge on any atom is -0.495 e. The molecule has 0 aromatic heterocycles. The lowest BCUT2D eigenvalue weighted by Crippen LogP contribution is -2.54. The van der Waals surface area contributed by atoms with Crippen molar-refractivity contribution in [3.63, 3.8) is 0 Å². The number of nitrogens with one attached hydrogen (secondary N) is 1. The van der Waals surface area contributed by atoms with Crippen LogP contribution in [0.4, 0.5) is 11.4 Å². The molecule has 37 heavy (non-hydrogen) atoms. The van der Waals surface area contributed by atoms with Crippen LogP contribution in [0.25, 0.3) is 0 Å². The van der Waals surface area contributed by atoms with Crippen LogP contribution >= 0.6 is 0 Å². The van der Waals surface area contributed by atoms with Gasteiger partial charge in [-0.3, -0.25) is 24.0 Å².